The van der Waals surface area contributed by atoms with Crippen molar-refractivity contribution < 1.29 is 24.5 Å². The van der Waals surface area contributed by atoms with Crippen LogP contribution in [-0.2, 0) is 12.8 Å². The number of allylic oxidation sites excluding steroid dienone is 2. The van der Waals surface area contributed by atoms with Crippen LogP contribution in [0.4, 0.5) is 0 Å². The topological polar surface area (TPSA) is 83.8 Å². The third-order valence-corrected chi connectivity index (χ3v) is 5.20. The maximum absolute atomic E-state index is 12.9. The average molecular weight is 394 g/mol. The summed E-state index contributed by atoms with van der Waals surface area (Å²) < 4.78 is 5.39. The number of carboxylic acid groups (broad SMARTS) is 1. The van der Waals surface area contributed by atoms with Crippen molar-refractivity contribution >= 4 is 11.8 Å². The number of rotatable bonds is 8. The van der Waals surface area contributed by atoms with Gasteiger partial charge in [-0.15, -0.1) is 0 Å². The fraction of sp³-hybridized carbons (Fsp3) is 0.333. The molecule has 0 aliphatic heterocycles. The van der Waals surface area contributed by atoms with Gasteiger partial charge in [0.15, 0.2) is 5.78 Å². The Labute approximate surface area is 170 Å². The second-order valence-corrected chi connectivity index (χ2v) is 7.73. The van der Waals surface area contributed by atoms with Crippen LogP contribution in [0.5, 0.6) is 11.5 Å². The molecule has 0 radical (unpaired) electrons. The lowest BCUT2D eigenvalue weighted by Gasteiger charge is -2.16. The van der Waals surface area contributed by atoms with E-state index >= 15 is 0 Å². The number of aromatic hydroxyl groups is 1. The lowest BCUT2D eigenvalue weighted by atomic mass is 9.93. The molecule has 0 bridgehead atoms. The van der Waals surface area contributed by atoms with Crippen LogP contribution in [0.25, 0.3) is 0 Å². The van der Waals surface area contributed by atoms with E-state index in [1.54, 1.807) is 12.1 Å². The number of hydrogen-bond acceptors (Lipinski definition) is 4. The van der Waals surface area contributed by atoms with Gasteiger partial charge in [-0.3, -0.25) is 4.79 Å². The summed E-state index contributed by atoms with van der Waals surface area (Å²) in [6.07, 6.45) is 4.38. The Kier molecular flexibility index (Phi) is 6.06. The summed E-state index contributed by atoms with van der Waals surface area (Å²) in [5.41, 5.74) is 3.14. The highest BCUT2D eigenvalue weighted by molar-refractivity contribution is 6.01. The number of carboxylic acids is 1. The van der Waals surface area contributed by atoms with Crippen molar-refractivity contribution in [2.75, 3.05) is 7.11 Å². The van der Waals surface area contributed by atoms with Crippen LogP contribution < -0.4 is 4.74 Å². The largest absolute Gasteiger partial charge is 0.507 e. The van der Waals surface area contributed by atoms with Crippen molar-refractivity contribution in [2.24, 2.45) is 0 Å². The van der Waals surface area contributed by atoms with E-state index in [1.165, 1.54) is 7.11 Å². The number of carbonyl (C=O) groups is 2. The Morgan fingerprint density at radius 2 is 1.93 bits per heavy atom. The first-order chi connectivity index (χ1) is 13.8. The zero-order valence-electron chi connectivity index (χ0n) is 17.0. The Morgan fingerprint density at radius 3 is 2.52 bits per heavy atom. The Morgan fingerprint density at radius 1 is 1.21 bits per heavy atom. The van der Waals surface area contributed by atoms with E-state index in [0.717, 1.165) is 24.0 Å². The minimum absolute atomic E-state index is 0.122. The number of hydrogen-bond donors (Lipinski definition) is 2. The molecule has 0 heterocycles. The normalized spacial score (nSPS) is 13.1. The van der Waals surface area contributed by atoms with E-state index in [1.807, 2.05) is 38.1 Å². The average Bonchev–Trinajstić information content (AvgIpc) is 3.51. The monoisotopic (exact) mass is 394 g/mol. The van der Waals surface area contributed by atoms with Gasteiger partial charge in [0.05, 0.1) is 7.11 Å². The van der Waals surface area contributed by atoms with E-state index in [2.05, 4.69) is 0 Å². The van der Waals surface area contributed by atoms with Crippen LogP contribution in [-0.4, -0.2) is 29.1 Å². The maximum Gasteiger partial charge on any atom is 0.339 e. The quantitative estimate of drug-likeness (QED) is 0.491. The second-order valence-electron chi connectivity index (χ2n) is 7.73. The zero-order valence-corrected chi connectivity index (χ0v) is 17.0. The van der Waals surface area contributed by atoms with E-state index in [9.17, 15) is 19.8 Å². The van der Waals surface area contributed by atoms with Crippen LogP contribution in [0.15, 0.2) is 42.0 Å². The minimum Gasteiger partial charge on any atom is -0.507 e. The van der Waals surface area contributed by atoms with Crippen LogP contribution in [0.3, 0.4) is 0 Å². The number of aromatic carboxylic acids is 1. The molecule has 5 nitrogen and oxygen atoms in total. The van der Waals surface area contributed by atoms with Crippen LogP contribution >= 0.6 is 0 Å². The highest BCUT2D eigenvalue weighted by Crippen LogP contribution is 2.40. The van der Waals surface area contributed by atoms with Crippen LogP contribution in [0.1, 0.15) is 70.0 Å². The summed E-state index contributed by atoms with van der Waals surface area (Å²) in [4.78, 5) is 24.7. The molecule has 3 rings (SSSR count). The van der Waals surface area contributed by atoms with Gasteiger partial charge in [-0.05, 0) is 62.3 Å². The van der Waals surface area contributed by atoms with Gasteiger partial charge in [0.1, 0.15) is 17.1 Å². The van der Waals surface area contributed by atoms with Gasteiger partial charge in [-0.1, -0.05) is 29.8 Å². The summed E-state index contributed by atoms with van der Waals surface area (Å²) in [5, 5.41) is 20.4. The molecule has 0 saturated heterocycles. The van der Waals surface area contributed by atoms with Crippen molar-refractivity contribution in [3.05, 3.63) is 69.8 Å². The molecule has 2 aromatic carbocycles. The Balaban J connectivity index is 1.98. The summed E-state index contributed by atoms with van der Waals surface area (Å²) in [7, 11) is 1.46. The third-order valence-electron chi connectivity index (χ3n) is 5.20. The van der Waals surface area contributed by atoms with Crippen molar-refractivity contribution in [1.29, 1.82) is 0 Å². The summed E-state index contributed by atoms with van der Waals surface area (Å²) in [5.74, 6) is -0.897. The second kappa shape index (κ2) is 8.52. The highest BCUT2D eigenvalue weighted by atomic mass is 16.5. The number of benzene rings is 2. The van der Waals surface area contributed by atoms with Gasteiger partial charge < -0.3 is 14.9 Å². The highest BCUT2D eigenvalue weighted by Gasteiger charge is 2.26. The SMILES string of the molecule is COc1cc(CC(=O)c2cccc(C3CC3)c2)c(C(=O)O)c(O)c1CC=C(C)C. The van der Waals surface area contributed by atoms with E-state index in [4.69, 9.17) is 4.74 Å². The van der Waals surface area contributed by atoms with Crippen molar-refractivity contribution in [1.82, 2.24) is 0 Å². The van der Waals surface area contributed by atoms with Crippen molar-refractivity contribution in [3.63, 3.8) is 0 Å². The van der Waals surface area contributed by atoms with E-state index < -0.39 is 5.97 Å². The summed E-state index contributed by atoms with van der Waals surface area (Å²) >= 11 is 0. The van der Waals surface area contributed by atoms with Crippen LogP contribution in [0.2, 0.25) is 0 Å². The summed E-state index contributed by atoms with van der Waals surface area (Å²) in [6.45, 7) is 3.84. The fourth-order valence-electron chi connectivity index (χ4n) is 3.46. The molecule has 1 saturated carbocycles. The molecule has 5 heteroatoms. The molecule has 0 spiro atoms. The number of ketones is 1. The molecular formula is C24H26O5. The lowest BCUT2D eigenvalue weighted by Crippen LogP contribution is -2.11. The number of phenols is 1. The Bertz CT molecular complexity index is 979. The molecule has 0 atom stereocenters. The number of ether oxygens (including phenoxy) is 1. The molecule has 1 aliphatic carbocycles. The lowest BCUT2D eigenvalue weighted by molar-refractivity contribution is 0.0692. The third kappa shape index (κ3) is 4.67. The minimum atomic E-state index is -1.27. The van der Waals surface area contributed by atoms with Gasteiger partial charge in [0, 0.05) is 17.5 Å². The molecule has 29 heavy (non-hydrogen) atoms. The molecule has 2 N–H and O–H groups in total. The van der Waals surface area contributed by atoms with Crippen molar-refractivity contribution in [3.8, 4) is 11.5 Å². The summed E-state index contributed by atoms with van der Waals surface area (Å²) in [6, 6.07) is 9.07. The maximum atomic E-state index is 12.9. The van der Waals surface area contributed by atoms with Gasteiger partial charge in [-0.2, -0.15) is 0 Å². The van der Waals surface area contributed by atoms with E-state index in [0.29, 0.717) is 29.2 Å². The Hall–Kier alpha value is -3.08. The molecule has 1 aliphatic rings. The fourth-order valence-corrected chi connectivity index (χ4v) is 3.46. The molecule has 0 aromatic heterocycles. The predicted octanol–water partition coefficient (Wildman–Crippen LogP) is 4.91. The van der Waals surface area contributed by atoms with Crippen molar-refractivity contribution in [2.45, 2.75) is 45.4 Å². The van der Waals surface area contributed by atoms with Gasteiger partial charge >= 0.3 is 5.97 Å². The molecule has 1 fully saturated rings. The van der Waals surface area contributed by atoms with E-state index in [-0.39, 0.29) is 29.1 Å². The zero-order chi connectivity index (χ0) is 21.1. The first kappa shape index (κ1) is 20.6. The van der Waals surface area contributed by atoms with Gasteiger partial charge in [0.2, 0.25) is 0 Å². The smallest absolute Gasteiger partial charge is 0.339 e. The van der Waals surface area contributed by atoms with Gasteiger partial charge in [-0.25, -0.2) is 4.79 Å². The molecule has 2 aromatic rings. The number of methoxy groups -OCH3 is 1. The molecular weight excluding hydrogens is 368 g/mol. The standard InChI is InChI=1S/C24H26O5/c1-14(2)7-10-19-21(29-3)13-18(22(23(19)26)24(27)28)12-20(25)17-6-4-5-16(11-17)15-8-9-15/h4-7,11,13,15,26H,8-10,12H2,1-3H3,(H,27,28). The number of Topliss-reactive ketones (excluding diaryl/α,β-unsaturated/α-hetero) is 1. The molecule has 152 valence electrons. The molecule has 0 unspecified atom stereocenters. The number of carbonyl (C=O) groups excluding carboxylic acids is 1. The molecule has 0 amide bonds. The van der Waals surface area contributed by atoms with Gasteiger partial charge in [0.25, 0.3) is 0 Å². The van der Waals surface area contributed by atoms with Crippen LogP contribution in [0, 0.1) is 0 Å². The first-order valence-corrected chi connectivity index (χ1v) is 9.73. The predicted molar refractivity (Wildman–Crippen MR) is 111 cm³/mol. The first-order valence-electron chi connectivity index (χ1n) is 9.73.